The summed E-state index contributed by atoms with van der Waals surface area (Å²) in [5.41, 5.74) is 1.62. The topological polar surface area (TPSA) is 84.9 Å². The summed E-state index contributed by atoms with van der Waals surface area (Å²) in [5.74, 6) is 0.576. The molecule has 8 heteroatoms. The highest BCUT2D eigenvalue weighted by molar-refractivity contribution is 8.18. The lowest BCUT2D eigenvalue weighted by atomic mass is 10.1. The predicted octanol–water partition coefficient (Wildman–Crippen LogP) is 3.10. The number of rotatable bonds is 8. The van der Waals surface area contributed by atoms with Crippen molar-refractivity contribution in [2.24, 2.45) is 0 Å². The monoisotopic (exact) mass is 426 g/mol. The van der Waals surface area contributed by atoms with Crippen LogP contribution < -0.4 is 14.8 Å². The normalized spacial score (nSPS) is 14.9. The average molecular weight is 426 g/mol. The van der Waals surface area contributed by atoms with E-state index in [2.05, 4.69) is 5.32 Å². The molecule has 2 aromatic carbocycles. The van der Waals surface area contributed by atoms with Crippen molar-refractivity contribution in [3.05, 3.63) is 64.6 Å². The maximum absolute atomic E-state index is 12.5. The number of nitrogens with zero attached hydrogens (tertiary/aromatic N) is 1. The number of carbonyl (C=O) groups is 3. The van der Waals surface area contributed by atoms with Crippen LogP contribution in [-0.4, -0.2) is 49.3 Å². The molecular weight excluding hydrogens is 404 g/mol. The van der Waals surface area contributed by atoms with E-state index in [1.165, 1.54) is 7.11 Å². The molecule has 7 nitrogen and oxygen atoms in total. The van der Waals surface area contributed by atoms with E-state index in [4.69, 9.17) is 9.47 Å². The lowest BCUT2D eigenvalue weighted by Gasteiger charge is -2.13. The van der Waals surface area contributed by atoms with Crippen molar-refractivity contribution in [3.63, 3.8) is 0 Å². The van der Waals surface area contributed by atoms with Crippen molar-refractivity contribution in [2.75, 3.05) is 27.3 Å². The number of benzene rings is 2. The Kier molecular flexibility index (Phi) is 7.13. The van der Waals surface area contributed by atoms with Crippen LogP contribution in [0.1, 0.15) is 11.1 Å². The van der Waals surface area contributed by atoms with Gasteiger partial charge in [0.2, 0.25) is 5.91 Å². The maximum Gasteiger partial charge on any atom is 0.293 e. The van der Waals surface area contributed by atoms with Gasteiger partial charge in [0.15, 0.2) is 11.5 Å². The van der Waals surface area contributed by atoms with Crippen LogP contribution in [0.25, 0.3) is 6.08 Å². The molecular formula is C22H22N2O5S. The third-order valence-corrected chi connectivity index (χ3v) is 5.35. The second-order valence-corrected chi connectivity index (χ2v) is 7.45. The molecule has 1 fully saturated rings. The van der Waals surface area contributed by atoms with Crippen molar-refractivity contribution in [1.82, 2.24) is 10.2 Å². The third kappa shape index (κ3) is 5.21. The Labute approximate surface area is 179 Å². The summed E-state index contributed by atoms with van der Waals surface area (Å²) in [6.07, 6.45) is 1.84. The fourth-order valence-electron chi connectivity index (χ4n) is 2.94. The molecule has 0 aliphatic carbocycles. The molecule has 0 saturated carbocycles. The van der Waals surface area contributed by atoms with Crippen LogP contribution in [0.3, 0.4) is 0 Å². The summed E-state index contributed by atoms with van der Waals surface area (Å²) >= 11 is 0.906. The van der Waals surface area contributed by atoms with Gasteiger partial charge in [-0.15, -0.1) is 0 Å². The Morgan fingerprint density at radius 2 is 1.80 bits per heavy atom. The number of carbonyl (C=O) groups excluding carboxylic acids is 3. The molecule has 30 heavy (non-hydrogen) atoms. The van der Waals surface area contributed by atoms with Gasteiger partial charge < -0.3 is 14.8 Å². The van der Waals surface area contributed by atoms with Gasteiger partial charge in [0, 0.05) is 13.1 Å². The van der Waals surface area contributed by atoms with Gasteiger partial charge in [-0.25, -0.2) is 0 Å². The standard InChI is InChI=1S/C22H22N2O5S/c1-28-17-9-8-16(12-18(17)29-2)14-20(25)23-10-11-24-21(26)19(30-22(24)27)13-15-6-4-3-5-7-15/h3-9,12-13H,10-11,14H2,1-2H3,(H,23,25)/b19-13-. The molecule has 0 spiro atoms. The smallest absolute Gasteiger partial charge is 0.293 e. The lowest BCUT2D eigenvalue weighted by Crippen LogP contribution is -2.37. The van der Waals surface area contributed by atoms with Gasteiger partial charge in [-0.05, 0) is 41.1 Å². The first-order chi connectivity index (χ1) is 14.5. The summed E-state index contributed by atoms with van der Waals surface area (Å²) < 4.78 is 10.4. The molecule has 1 aliphatic heterocycles. The first-order valence-electron chi connectivity index (χ1n) is 9.30. The first-order valence-corrected chi connectivity index (χ1v) is 10.1. The Hall–Kier alpha value is -3.26. The van der Waals surface area contributed by atoms with E-state index in [9.17, 15) is 14.4 Å². The Balaban J connectivity index is 1.52. The SMILES string of the molecule is COc1ccc(CC(=O)NCCN2C(=O)S/C(=C\c3ccccc3)C2=O)cc1OC. The minimum atomic E-state index is -0.344. The van der Waals surface area contributed by atoms with E-state index in [-0.39, 0.29) is 36.6 Å². The van der Waals surface area contributed by atoms with E-state index >= 15 is 0 Å². The van der Waals surface area contributed by atoms with E-state index in [1.807, 2.05) is 30.3 Å². The van der Waals surface area contributed by atoms with Gasteiger partial charge in [-0.3, -0.25) is 19.3 Å². The fraction of sp³-hybridized carbons (Fsp3) is 0.227. The molecule has 0 unspecified atom stereocenters. The molecule has 0 radical (unpaired) electrons. The third-order valence-electron chi connectivity index (χ3n) is 4.44. The number of nitrogens with one attached hydrogen (secondary N) is 1. The number of imide groups is 1. The van der Waals surface area contributed by atoms with Crippen molar-refractivity contribution >= 4 is 34.9 Å². The molecule has 0 atom stereocenters. The maximum atomic E-state index is 12.5. The average Bonchev–Trinajstić information content (AvgIpc) is 3.01. The fourth-order valence-corrected chi connectivity index (χ4v) is 3.80. The summed E-state index contributed by atoms with van der Waals surface area (Å²) in [5, 5.41) is 2.41. The van der Waals surface area contributed by atoms with Gasteiger partial charge in [0.05, 0.1) is 25.5 Å². The van der Waals surface area contributed by atoms with Crippen molar-refractivity contribution < 1.29 is 23.9 Å². The van der Waals surface area contributed by atoms with Gasteiger partial charge in [0.25, 0.3) is 11.1 Å². The Bertz CT molecular complexity index is 975. The zero-order valence-corrected chi connectivity index (χ0v) is 17.5. The van der Waals surface area contributed by atoms with Gasteiger partial charge in [-0.2, -0.15) is 0 Å². The van der Waals surface area contributed by atoms with Gasteiger partial charge in [0.1, 0.15) is 0 Å². The number of hydrogen-bond acceptors (Lipinski definition) is 6. The zero-order valence-electron chi connectivity index (χ0n) is 16.7. The highest BCUT2D eigenvalue weighted by Gasteiger charge is 2.34. The first kappa shape index (κ1) is 21.4. The lowest BCUT2D eigenvalue weighted by molar-refractivity contribution is -0.124. The predicted molar refractivity (Wildman–Crippen MR) is 115 cm³/mol. The molecule has 1 aliphatic rings. The number of amides is 3. The van der Waals surface area contributed by atoms with Gasteiger partial charge in [-0.1, -0.05) is 36.4 Å². The van der Waals surface area contributed by atoms with E-state index in [0.29, 0.717) is 16.4 Å². The molecule has 0 aromatic heterocycles. The van der Waals surface area contributed by atoms with E-state index in [0.717, 1.165) is 27.8 Å². The summed E-state index contributed by atoms with van der Waals surface area (Å²) in [7, 11) is 3.08. The second-order valence-electron chi connectivity index (χ2n) is 6.46. The number of methoxy groups -OCH3 is 2. The number of ether oxygens (including phenoxy) is 2. The van der Waals surface area contributed by atoms with Crippen LogP contribution in [-0.2, 0) is 16.0 Å². The summed E-state index contributed by atoms with van der Waals surface area (Å²) in [6.45, 7) is 0.303. The molecule has 0 bridgehead atoms. The van der Waals surface area contributed by atoms with E-state index in [1.54, 1.807) is 31.4 Å². The minimum Gasteiger partial charge on any atom is -0.493 e. The van der Waals surface area contributed by atoms with Crippen LogP contribution in [0.2, 0.25) is 0 Å². The Morgan fingerprint density at radius 1 is 1.07 bits per heavy atom. The Morgan fingerprint density at radius 3 is 2.50 bits per heavy atom. The quantitative estimate of drug-likeness (QED) is 0.653. The highest BCUT2D eigenvalue weighted by atomic mass is 32.2. The number of thioether (sulfide) groups is 1. The number of hydrogen-bond donors (Lipinski definition) is 1. The zero-order chi connectivity index (χ0) is 21.5. The molecule has 3 amide bonds. The summed E-state index contributed by atoms with van der Waals surface area (Å²) in [6, 6.07) is 14.6. The molecule has 3 rings (SSSR count). The highest BCUT2D eigenvalue weighted by Crippen LogP contribution is 2.32. The molecule has 156 valence electrons. The molecule has 1 heterocycles. The van der Waals surface area contributed by atoms with Crippen LogP contribution in [0.4, 0.5) is 4.79 Å². The van der Waals surface area contributed by atoms with Crippen LogP contribution in [0.5, 0.6) is 11.5 Å². The van der Waals surface area contributed by atoms with Gasteiger partial charge >= 0.3 is 0 Å². The molecule has 1 N–H and O–H groups in total. The second kappa shape index (κ2) is 9.98. The minimum absolute atomic E-state index is 0.120. The summed E-state index contributed by atoms with van der Waals surface area (Å²) in [4.78, 5) is 38.4. The largest absolute Gasteiger partial charge is 0.493 e. The molecule has 1 saturated heterocycles. The van der Waals surface area contributed by atoms with Crippen molar-refractivity contribution in [2.45, 2.75) is 6.42 Å². The van der Waals surface area contributed by atoms with Crippen molar-refractivity contribution in [3.8, 4) is 11.5 Å². The van der Waals surface area contributed by atoms with Crippen LogP contribution >= 0.6 is 11.8 Å². The van der Waals surface area contributed by atoms with Crippen LogP contribution in [0, 0.1) is 0 Å². The van der Waals surface area contributed by atoms with E-state index < -0.39 is 0 Å². The van der Waals surface area contributed by atoms with Crippen LogP contribution in [0.15, 0.2) is 53.4 Å². The van der Waals surface area contributed by atoms with Crippen molar-refractivity contribution in [1.29, 1.82) is 0 Å². The molecule has 2 aromatic rings.